The first-order valence-electron chi connectivity index (χ1n) is 9.80. The predicted molar refractivity (Wildman–Crippen MR) is 114 cm³/mol. The van der Waals surface area contributed by atoms with Crippen LogP contribution in [0.25, 0.3) is 16.6 Å². The standard InChI is InChI=1S/C23H20FN3O2S/c1-30(28)23-22-18(15-5-3-2-4-6-15)13-25-21(27(22)14-26-23)10-7-16-17-11-12-29-20(17)9-8-19(16)24/h2-6,8-9,13-14H,7,10-12H2,1H3. The van der Waals surface area contributed by atoms with Gasteiger partial charge in [0, 0.05) is 36.4 Å². The molecule has 152 valence electrons. The number of aryl methyl sites for hydroxylation is 1. The summed E-state index contributed by atoms with van der Waals surface area (Å²) < 4.78 is 34.3. The smallest absolute Gasteiger partial charge is 0.153 e. The molecule has 1 atom stereocenters. The van der Waals surface area contributed by atoms with Crippen molar-refractivity contribution >= 4 is 16.3 Å². The normalized spacial score (nSPS) is 13.9. The van der Waals surface area contributed by atoms with Crippen LogP contribution in [-0.2, 0) is 30.1 Å². The SMILES string of the molecule is CS(=O)c1ncn2c(CCc3c(F)ccc4c3CCO4)ncc(-c3ccccc3)c12. The van der Waals surface area contributed by atoms with Crippen molar-refractivity contribution in [3.8, 4) is 16.9 Å². The zero-order chi connectivity index (χ0) is 20.7. The van der Waals surface area contributed by atoms with Crippen LogP contribution in [0.1, 0.15) is 17.0 Å². The molecule has 0 fully saturated rings. The quantitative estimate of drug-likeness (QED) is 0.489. The second kappa shape index (κ2) is 7.65. The molecular formula is C23H20FN3O2S. The van der Waals surface area contributed by atoms with E-state index in [4.69, 9.17) is 4.74 Å². The van der Waals surface area contributed by atoms with E-state index in [1.807, 2.05) is 34.7 Å². The number of aromatic nitrogens is 3. The van der Waals surface area contributed by atoms with Crippen molar-refractivity contribution < 1.29 is 13.3 Å². The Bertz CT molecular complexity index is 1270. The number of ether oxygens (including phenoxy) is 1. The number of rotatable bonds is 5. The van der Waals surface area contributed by atoms with Crippen molar-refractivity contribution in [2.24, 2.45) is 0 Å². The molecule has 0 N–H and O–H groups in total. The first-order chi connectivity index (χ1) is 14.6. The highest BCUT2D eigenvalue weighted by Crippen LogP contribution is 2.32. The fourth-order valence-electron chi connectivity index (χ4n) is 4.08. The van der Waals surface area contributed by atoms with Crippen molar-refractivity contribution in [3.05, 3.63) is 77.8 Å². The van der Waals surface area contributed by atoms with Crippen LogP contribution in [0.15, 0.2) is 60.0 Å². The van der Waals surface area contributed by atoms with Crippen LogP contribution in [0.2, 0.25) is 0 Å². The zero-order valence-electron chi connectivity index (χ0n) is 16.5. The molecule has 30 heavy (non-hydrogen) atoms. The molecule has 1 unspecified atom stereocenters. The number of imidazole rings is 1. The molecule has 7 heteroatoms. The minimum atomic E-state index is -1.24. The van der Waals surface area contributed by atoms with E-state index < -0.39 is 10.8 Å². The van der Waals surface area contributed by atoms with Crippen molar-refractivity contribution in [1.29, 1.82) is 0 Å². The summed E-state index contributed by atoms with van der Waals surface area (Å²) in [4.78, 5) is 9.07. The lowest BCUT2D eigenvalue weighted by atomic mass is 10.00. The van der Waals surface area contributed by atoms with Gasteiger partial charge < -0.3 is 4.74 Å². The van der Waals surface area contributed by atoms with Gasteiger partial charge in [0.15, 0.2) is 5.03 Å². The Hall–Kier alpha value is -3.06. The summed E-state index contributed by atoms with van der Waals surface area (Å²) in [6.07, 6.45) is 6.85. The van der Waals surface area contributed by atoms with E-state index in [2.05, 4.69) is 9.97 Å². The number of benzene rings is 2. The van der Waals surface area contributed by atoms with Crippen LogP contribution in [0.4, 0.5) is 4.39 Å². The minimum absolute atomic E-state index is 0.211. The second-order valence-electron chi connectivity index (χ2n) is 7.28. The molecule has 0 saturated carbocycles. The van der Waals surface area contributed by atoms with E-state index in [0.29, 0.717) is 30.0 Å². The highest BCUT2D eigenvalue weighted by Gasteiger charge is 2.21. The first kappa shape index (κ1) is 18.9. The molecule has 5 rings (SSSR count). The van der Waals surface area contributed by atoms with Crippen LogP contribution in [-0.4, -0.2) is 31.4 Å². The van der Waals surface area contributed by atoms with Crippen LogP contribution in [0.3, 0.4) is 0 Å². The maximum atomic E-state index is 14.5. The second-order valence-corrected chi connectivity index (χ2v) is 8.57. The molecule has 4 aromatic rings. The molecule has 2 aromatic carbocycles. The van der Waals surface area contributed by atoms with Gasteiger partial charge in [0.25, 0.3) is 0 Å². The van der Waals surface area contributed by atoms with Crippen LogP contribution < -0.4 is 4.74 Å². The molecular weight excluding hydrogens is 401 g/mol. The average Bonchev–Trinajstić information content (AvgIpc) is 3.41. The van der Waals surface area contributed by atoms with Gasteiger partial charge in [-0.15, -0.1) is 0 Å². The van der Waals surface area contributed by atoms with Crippen molar-refractivity contribution in [1.82, 2.24) is 14.4 Å². The Morgan fingerprint density at radius 3 is 2.77 bits per heavy atom. The van der Waals surface area contributed by atoms with E-state index in [9.17, 15) is 8.60 Å². The van der Waals surface area contributed by atoms with Gasteiger partial charge in [-0.3, -0.25) is 8.61 Å². The van der Waals surface area contributed by atoms with E-state index in [0.717, 1.165) is 40.2 Å². The van der Waals surface area contributed by atoms with Gasteiger partial charge in [-0.2, -0.15) is 0 Å². The van der Waals surface area contributed by atoms with Crippen molar-refractivity contribution in [3.63, 3.8) is 0 Å². The molecule has 3 heterocycles. The van der Waals surface area contributed by atoms with Crippen LogP contribution in [0.5, 0.6) is 5.75 Å². The molecule has 0 saturated heterocycles. The molecule has 1 aliphatic rings. The lowest BCUT2D eigenvalue weighted by Gasteiger charge is -2.12. The van der Waals surface area contributed by atoms with Gasteiger partial charge in [0.05, 0.1) is 22.9 Å². The largest absolute Gasteiger partial charge is 0.493 e. The Labute approximate surface area is 176 Å². The van der Waals surface area contributed by atoms with E-state index in [1.165, 1.54) is 6.07 Å². The van der Waals surface area contributed by atoms with Crippen LogP contribution in [0, 0.1) is 5.82 Å². The summed E-state index contributed by atoms with van der Waals surface area (Å²) in [5, 5.41) is 0.526. The first-order valence-corrected chi connectivity index (χ1v) is 11.4. The Morgan fingerprint density at radius 1 is 1.13 bits per heavy atom. The lowest BCUT2D eigenvalue weighted by molar-refractivity contribution is 0.356. The minimum Gasteiger partial charge on any atom is -0.493 e. The summed E-state index contributed by atoms with van der Waals surface area (Å²) in [6.45, 7) is 0.591. The molecule has 5 nitrogen and oxygen atoms in total. The molecule has 0 spiro atoms. The van der Waals surface area contributed by atoms with E-state index >= 15 is 0 Å². The van der Waals surface area contributed by atoms with Crippen LogP contribution >= 0.6 is 0 Å². The number of hydrogen-bond donors (Lipinski definition) is 0. The lowest BCUT2D eigenvalue weighted by Crippen LogP contribution is -2.06. The van der Waals surface area contributed by atoms with Gasteiger partial charge in [0.2, 0.25) is 0 Å². The highest BCUT2D eigenvalue weighted by molar-refractivity contribution is 7.84. The maximum absolute atomic E-state index is 14.5. The highest BCUT2D eigenvalue weighted by atomic mass is 32.2. The monoisotopic (exact) mass is 421 g/mol. The number of fused-ring (bicyclic) bond motifs is 2. The molecule has 1 aliphatic heterocycles. The molecule has 0 radical (unpaired) electrons. The van der Waals surface area contributed by atoms with Gasteiger partial charge in [-0.05, 0) is 29.7 Å². The Balaban J connectivity index is 1.57. The summed E-state index contributed by atoms with van der Waals surface area (Å²) in [7, 11) is -1.24. The van der Waals surface area contributed by atoms with Gasteiger partial charge >= 0.3 is 0 Å². The summed E-state index contributed by atoms with van der Waals surface area (Å²) >= 11 is 0. The number of nitrogens with zero attached hydrogens (tertiary/aromatic N) is 3. The third-order valence-electron chi connectivity index (χ3n) is 5.51. The van der Waals surface area contributed by atoms with Crippen molar-refractivity contribution in [2.75, 3.05) is 12.9 Å². The fraction of sp³-hybridized carbons (Fsp3) is 0.217. The van der Waals surface area contributed by atoms with Gasteiger partial charge in [0.1, 0.15) is 23.7 Å². The van der Waals surface area contributed by atoms with Gasteiger partial charge in [-0.1, -0.05) is 30.3 Å². The fourth-order valence-corrected chi connectivity index (χ4v) is 4.76. The Morgan fingerprint density at radius 2 is 1.97 bits per heavy atom. The molecule has 0 bridgehead atoms. The zero-order valence-corrected chi connectivity index (χ0v) is 17.3. The summed E-state index contributed by atoms with van der Waals surface area (Å²) in [5.74, 6) is 1.32. The molecule has 0 amide bonds. The summed E-state index contributed by atoms with van der Waals surface area (Å²) in [5.41, 5.74) is 4.29. The van der Waals surface area contributed by atoms with E-state index in [1.54, 1.807) is 24.8 Å². The third-order valence-corrected chi connectivity index (χ3v) is 6.35. The molecule has 2 aromatic heterocycles. The average molecular weight is 421 g/mol. The third kappa shape index (κ3) is 3.19. The Kier molecular flexibility index (Phi) is 4.83. The predicted octanol–water partition coefficient (Wildman–Crippen LogP) is 3.99. The molecule has 0 aliphatic carbocycles. The number of halogens is 1. The van der Waals surface area contributed by atoms with Gasteiger partial charge in [-0.25, -0.2) is 14.4 Å². The van der Waals surface area contributed by atoms with Crippen molar-refractivity contribution in [2.45, 2.75) is 24.3 Å². The van der Waals surface area contributed by atoms with E-state index in [-0.39, 0.29) is 5.82 Å². The number of hydrogen-bond acceptors (Lipinski definition) is 4. The maximum Gasteiger partial charge on any atom is 0.153 e. The topological polar surface area (TPSA) is 56.5 Å². The summed E-state index contributed by atoms with van der Waals surface area (Å²) in [6, 6.07) is 13.0.